The van der Waals surface area contributed by atoms with E-state index in [0.29, 0.717) is 24.0 Å². The maximum Gasteiger partial charge on any atom is 0.302 e. The molecule has 0 aromatic carbocycles. The second-order valence-corrected chi connectivity index (χ2v) is 5.75. The van der Waals surface area contributed by atoms with Gasteiger partial charge in [-0.1, -0.05) is 6.92 Å². The number of amides is 1. The fraction of sp³-hybridized carbons (Fsp3) is 0.500. The zero-order valence-electron chi connectivity index (χ0n) is 16.8. The van der Waals surface area contributed by atoms with Gasteiger partial charge in [0.2, 0.25) is 0 Å². The van der Waals surface area contributed by atoms with Crippen molar-refractivity contribution in [2.75, 3.05) is 31.5 Å². The predicted octanol–water partition coefficient (Wildman–Crippen LogP) is 1.55. The van der Waals surface area contributed by atoms with Gasteiger partial charge in [-0.05, 0) is 18.4 Å². The molecular formula is C16H20N6O. The van der Waals surface area contributed by atoms with Gasteiger partial charge in [-0.15, -0.1) is 0 Å². The lowest BCUT2D eigenvalue weighted by molar-refractivity contribution is -0.130. The number of fused-ring (bicyclic) bond motifs is 1. The number of anilines is 1. The Morgan fingerprint density at radius 3 is 3.35 bits per heavy atom. The maximum atomic E-state index is 12.2. The Morgan fingerprint density at radius 2 is 2.57 bits per heavy atom. The van der Waals surface area contributed by atoms with E-state index in [0.717, 1.165) is 0 Å². The van der Waals surface area contributed by atoms with Gasteiger partial charge in [0.15, 0.2) is 0 Å². The molecule has 1 fully saturated rings. The van der Waals surface area contributed by atoms with Gasteiger partial charge in [-0.25, -0.2) is 16.5 Å². The van der Waals surface area contributed by atoms with Gasteiger partial charge in [0, 0.05) is 30.4 Å². The highest BCUT2D eigenvalue weighted by molar-refractivity contribution is 5.87. The van der Waals surface area contributed by atoms with Gasteiger partial charge in [-0.2, -0.15) is 0 Å². The monoisotopic (exact) mass is 316 g/mol. The standard InChI is InChI=1S/C16H20N6O/c1-11-5-7-22(14(23)8-17-2)9-13(11)21(3)16-12-4-6-18-15(12)19-10-20-16/h4,6,10-11,13H,5,7-9H2,1,3H3,(H,18,19,20)/t11-,13+/m1/s1/i3D3,10D. The first-order valence-corrected chi connectivity index (χ1v) is 7.44. The van der Waals surface area contributed by atoms with E-state index < -0.39 is 13.0 Å². The number of piperidine rings is 1. The molecule has 0 bridgehead atoms. The SMILES string of the molecule is [2H]c1nc(N([C@H]2CN(C(=O)C[N+]#[C-])CC[C@H]2C)C([2H])([2H])[2H])c2cc[nH]c2n1. The Bertz CT molecular complexity index is 889. The third-order valence-electron chi connectivity index (χ3n) is 4.33. The van der Waals surface area contributed by atoms with E-state index in [4.69, 9.17) is 12.1 Å². The first-order valence-electron chi connectivity index (χ1n) is 9.44. The number of carbonyl (C=O) groups excluding carboxylic acids is 1. The highest BCUT2D eigenvalue weighted by Crippen LogP contribution is 2.28. The molecule has 1 saturated heterocycles. The van der Waals surface area contributed by atoms with Crippen molar-refractivity contribution in [2.24, 2.45) is 5.92 Å². The van der Waals surface area contributed by atoms with Crippen LogP contribution in [0.15, 0.2) is 18.6 Å². The van der Waals surface area contributed by atoms with Gasteiger partial charge >= 0.3 is 5.91 Å². The molecule has 0 unspecified atom stereocenters. The van der Waals surface area contributed by atoms with E-state index in [1.54, 1.807) is 17.2 Å². The summed E-state index contributed by atoms with van der Waals surface area (Å²) < 4.78 is 32.1. The molecule has 3 rings (SSSR count). The molecule has 1 N–H and O–H groups in total. The average Bonchev–Trinajstić information content (AvgIpc) is 3.04. The van der Waals surface area contributed by atoms with Crippen molar-refractivity contribution >= 4 is 22.8 Å². The van der Waals surface area contributed by atoms with Crippen LogP contribution in [0.25, 0.3) is 15.9 Å². The third-order valence-corrected chi connectivity index (χ3v) is 4.33. The number of aromatic amines is 1. The summed E-state index contributed by atoms with van der Waals surface area (Å²) in [4.78, 5) is 29.1. The summed E-state index contributed by atoms with van der Waals surface area (Å²) in [7, 11) is 0. The fourth-order valence-electron chi connectivity index (χ4n) is 2.94. The lowest BCUT2D eigenvalue weighted by atomic mass is 9.92. The van der Waals surface area contributed by atoms with Crippen LogP contribution in [0.5, 0.6) is 0 Å². The number of likely N-dealkylation sites (N-methyl/N-ethyl adjacent to an activating group) is 1. The normalized spacial score (nSPS) is 24.3. The minimum Gasteiger partial charge on any atom is -0.354 e. The summed E-state index contributed by atoms with van der Waals surface area (Å²) >= 11 is 0. The van der Waals surface area contributed by atoms with Crippen molar-refractivity contribution in [1.29, 1.82) is 0 Å². The van der Waals surface area contributed by atoms with Crippen LogP contribution < -0.4 is 4.90 Å². The lowest BCUT2D eigenvalue weighted by Gasteiger charge is -2.41. The number of rotatable bonds is 3. The number of likely N-dealkylation sites (tertiary alicyclic amines) is 1. The molecule has 0 saturated carbocycles. The van der Waals surface area contributed by atoms with E-state index in [1.165, 1.54) is 4.90 Å². The number of hydrogen-bond donors (Lipinski definition) is 1. The lowest BCUT2D eigenvalue weighted by Crippen LogP contribution is -2.53. The van der Waals surface area contributed by atoms with Crippen molar-refractivity contribution in [3.8, 4) is 0 Å². The Morgan fingerprint density at radius 1 is 1.70 bits per heavy atom. The zero-order chi connectivity index (χ0) is 19.8. The molecular weight excluding hydrogens is 292 g/mol. The fourth-order valence-corrected chi connectivity index (χ4v) is 2.94. The number of nitrogens with one attached hydrogen (secondary N) is 1. The Labute approximate surface area is 140 Å². The molecule has 2 atom stereocenters. The minimum atomic E-state index is -2.52. The third kappa shape index (κ3) is 2.84. The van der Waals surface area contributed by atoms with Gasteiger partial charge in [0.25, 0.3) is 6.54 Å². The van der Waals surface area contributed by atoms with Crippen LogP contribution in [0.2, 0.25) is 0 Å². The maximum absolute atomic E-state index is 12.2. The second-order valence-electron chi connectivity index (χ2n) is 5.75. The van der Waals surface area contributed by atoms with E-state index in [-0.39, 0.29) is 37.0 Å². The minimum absolute atomic E-state index is 0.0134. The van der Waals surface area contributed by atoms with Crippen molar-refractivity contribution in [1.82, 2.24) is 19.9 Å². The van der Waals surface area contributed by atoms with Gasteiger partial charge < -0.3 is 19.6 Å². The molecule has 3 heterocycles. The molecule has 120 valence electrons. The quantitative estimate of drug-likeness (QED) is 0.872. The molecule has 7 heteroatoms. The van der Waals surface area contributed by atoms with Crippen LogP contribution in [0.3, 0.4) is 0 Å². The number of aromatic nitrogens is 3. The highest BCUT2D eigenvalue weighted by atomic mass is 16.2. The summed E-state index contributed by atoms with van der Waals surface area (Å²) in [5.41, 5.74) is 0.392. The van der Waals surface area contributed by atoms with E-state index in [9.17, 15) is 4.79 Å². The van der Waals surface area contributed by atoms with Crippen molar-refractivity contribution in [2.45, 2.75) is 19.4 Å². The summed E-state index contributed by atoms with van der Waals surface area (Å²) in [6, 6.07) is 1.16. The molecule has 2 aromatic heterocycles. The van der Waals surface area contributed by atoms with Crippen LogP contribution in [0, 0.1) is 12.5 Å². The molecule has 7 nitrogen and oxygen atoms in total. The summed E-state index contributed by atoms with van der Waals surface area (Å²) in [6.07, 6.45) is 1.96. The molecule has 23 heavy (non-hydrogen) atoms. The number of carbonyl (C=O) groups is 1. The topological polar surface area (TPSA) is 69.5 Å². The number of H-pyrrole nitrogens is 1. The van der Waals surface area contributed by atoms with Crippen molar-refractivity contribution in [3.63, 3.8) is 0 Å². The van der Waals surface area contributed by atoms with Crippen molar-refractivity contribution in [3.05, 3.63) is 30.0 Å². The predicted molar refractivity (Wildman–Crippen MR) is 87.9 cm³/mol. The van der Waals surface area contributed by atoms with Crippen LogP contribution in [0.1, 0.15) is 18.8 Å². The van der Waals surface area contributed by atoms with Crippen LogP contribution in [-0.2, 0) is 4.79 Å². The average molecular weight is 316 g/mol. The van der Waals surface area contributed by atoms with E-state index >= 15 is 0 Å². The largest absolute Gasteiger partial charge is 0.354 e. The summed E-state index contributed by atoms with van der Waals surface area (Å²) in [5.74, 6) is -0.161. The van der Waals surface area contributed by atoms with Gasteiger partial charge in [0.1, 0.15) is 19.1 Å². The van der Waals surface area contributed by atoms with E-state index in [1.807, 2.05) is 6.92 Å². The Kier molecular flexibility index (Phi) is 2.99. The van der Waals surface area contributed by atoms with E-state index in [2.05, 4.69) is 19.8 Å². The molecule has 0 spiro atoms. The van der Waals surface area contributed by atoms with Crippen molar-refractivity contribution < 1.29 is 10.3 Å². The molecule has 1 aliphatic rings. The molecule has 1 aliphatic heterocycles. The first kappa shape index (κ1) is 11.0. The summed E-state index contributed by atoms with van der Waals surface area (Å²) in [5, 5.41) is 0.513. The molecule has 2 aromatic rings. The number of nitrogens with zero attached hydrogens (tertiary/aromatic N) is 5. The van der Waals surface area contributed by atoms with Crippen LogP contribution >= 0.6 is 0 Å². The smallest absolute Gasteiger partial charge is 0.302 e. The highest BCUT2D eigenvalue weighted by Gasteiger charge is 2.33. The second kappa shape index (κ2) is 6.24. The molecule has 0 aliphatic carbocycles. The van der Waals surface area contributed by atoms with Gasteiger partial charge in [0.05, 0.1) is 11.4 Å². The zero-order valence-corrected chi connectivity index (χ0v) is 12.8. The van der Waals surface area contributed by atoms with Crippen LogP contribution in [-0.4, -0.2) is 58.4 Å². The Hall–Kier alpha value is -2.62. The Balaban J connectivity index is 2.05. The molecule has 1 amide bonds. The van der Waals surface area contributed by atoms with Gasteiger partial charge in [-0.3, -0.25) is 4.79 Å². The van der Waals surface area contributed by atoms with Crippen LogP contribution in [0.4, 0.5) is 5.82 Å². The first-order chi connectivity index (χ1) is 12.7. The molecule has 0 radical (unpaired) electrons. The number of hydrogen-bond acceptors (Lipinski definition) is 4. The summed E-state index contributed by atoms with van der Waals surface area (Å²) in [6.45, 7) is 6.75.